The van der Waals surface area contributed by atoms with Crippen molar-refractivity contribution in [2.75, 3.05) is 12.4 Å². The summed E-state index contributed by atoms with van der Waals surface area (Å²) in [6, 6.07) is 8.16. The topological polar surface area (TPSA) is 73.2 Å². The van der Waals surface area contributed by atoms with Gasteiger partial charge in [-0.05, 0) is 37.3 Å². The van der Waals surface area contributed by atoms with Gasteiger partial charge in [-0.1, -0.05) is 0 Å². The number of esters is 1. The van der Waals surface area contributed by atoms with Gasteiger partial charge in [-0.3, -0.25) is 9.48 Å². The van der Waals surface area contributed by atoms with E-state index >= 15 is 0 Å². The van der Waals surface area contributed by atoms with E-state index in [0.717, 1.165) is 5.69 Å². The maximum atomic E-state index is 12.0. The highest BCUT2D eigenvalue weighted by molar-refractivity contribution is 6.03. The number of aryl methyl sites for hydroxylation is 2. The number of carbonyl (C=O) groups is 2. The van der Waals surface area contributed by atoms with E-state index in [1.807, 2.05) is 6.92 Å². The van der Waals surface area contributed by atoms with Crippen molar-refractivity contribution in [3.8, 4) is 0 Å². The van der Waals surface area contributed by atoms with Crippen LogP contribution in [0.25, 0.3) is 0 Å². The highest BCUT2D eigenvalue weighted by atomic mass is 16.5. The van der Waals surface area contributed by atoms with Crippen molar-refractivity contribution < 1.29 is 14.3 Å². The van der Waals surface area contributed by atoms with Crippen LogP contribution in [-0.2, 0) is 11.8 Å². The van der Waals surface area contributed by atoms with Crippen LogP contribution in [0.4, 0.5) is 5.69 Å². The van der Waals surface area contributed by atoms with Crippen LogP contribution < -0.4 is 5.32 Å². The van der Waals surface area contributed by atoms with Gasteiger partial charge < -0.3 is 10.1 Å². The average molecular weight is 273 g/mol. The Morgan fingerprint density at radius 2 is 1.90 bits per heavy atom. The maximum absolute atomic E-state index is 12.0. The minimum Gasteiger partial charge on any atom is -0.465 e. The van der Waals surface area contributed by atoms with Crippen molar-refractivity contribution in [1.82, 2.24) is 9.78 Å². The number of amides is 1. The summed E-state index contributed by atoms with van der Waals surface area (Å²) in [5.41, 5.74) is 2.27. The monoisotopic (exact) mass is 273 g/mol. The van der Waals surface area contributed by atoms with E-state index in [2.05, 4.69) is 15.2 Å². The highest BCUT2D eigenvalue weighted by Crippen LogP contribution is 2.12. The van der Waals surface area contributed by atoms with E-state index in [-0.39, 0.29) is 5.91 Å². The number of hydrogen-bond donors (Lipinski definition) is 1. The normalized spacial score (nSPS) is 10.2. The van der Waals surface area contributed by atoms with Crippen LogP contribution in [-0.4, -0.2) is 28.8 Å². The molecule has 2 aromatic rings. The molecular formula is C14H15N3O3. The second-order valence-corrected chi connectivity index (χ2v) is 4.32. The zero-order valence-electron chi connectivity index (χ0n) is 11.5. The lowest BCUT2D eigenvalue weighted by atomic mass is 10.2. The molecule has 0 unspecified atom stereocenters. The number of anilines is 1. The van der Waals surface area contributed by atoms with E-state index in [1.165, 1.54) is 7.11 Å². The van der Waals surface area contributed by atoms with Gasteiger partial charge in [-0.2, -0.15) is 5.10 Å². The highest BCUT2D eigenvalue weighted by Gasteiger charge is 2.11. The third kappa shape index (κ3) is 2.85. The number of nitrogens with one attached hydrogen (secondary N) is 1. The standard InChI is InChI=1S/C14H15N3O3/c1-9-8-12(16-17(9)2)13(18)15-11-6-4-10(5-7-11)14(19)20-3/h4-8H,1-3H3,(H,15,18). The molecule has 104 valence electrons. The Hall–Kier alpha value is -2.63. The molecule has 0 aliphatic carbocycles. The van der Waals surface area contributed by atoms with E-state index in [4.69, 9.17) is 0 Å². The van der Waals surface area contributed by atoms with Gasteiger partial charge in [0.1, 0.15) is 0 Å². The summed E-state index contributed by atoms with van der Waals surface area (Å²) in [5, 5.41) is 6.81. The largest absolute Gasteiger partial charge is 0.465 e. The average Bonchev–Trinajstić information content (AvgIpc) is 2.79. The van der Waals surface area contributed by atoms with Crippen LogP contribution in [0.3, 0.4) is 0 Å². The van der Waals surface area contributed by atoms with Crippen LogP contribution in [0.2, 0.25) is 0 Å². The Bertz CT molecular complexity index is 625. The van der Waals surface area contributed by atoms with Crippen LogP contribution in [0, 0.1) is 6.92 Å². The van der Waals surface area contributed by atoms with Crippen molar-refractivity contribution in [2.24, 2.45) is 7.05 Å². The Morgan fingerprint density at radius 1 is 1.25 bits per heavy atom. The van der Waals surface area contributed by atoms with E-state index < -0.39 is 5.97 Å². The quantitative estimate of drug-likeness (QED) is 0.865. The van der Waals surface area contributed by atoms with Gasteiger partial charge in [-0.15, -0.1) is 0 Å². The smallest absolute Gasteiger partial charge is 0.337 e. The first kappa shape index (κ1) is 13.8. The predicted molar refractivity (Wildman–Crippen MR) is 73.7 cm³/mol. The molecule has 0 aliphatic heterocycles. The molecule has 0 fully saturated rings. The van der Waals surface area contributed by atoms with Gasteiger partial charge in [0.15, 0.2) is 5.69 Å². The Labute approximate surface area is 116 Å². The summed E-state index contributed by atoms with van der Waals surface area (Å²) in [6.45, 7) is 1.87. The molecule has 0 bridgehead atoms. The third-order valence-electron chi connectivity index (χ3n) is 2.91. The van der Waals surface area contributed by atoms with Crippen molar-refractivity contribution >= 4 is 17.6 Å². The summed E-state index contributed by atoms with van der Waals surface area (Å²) in [5.74, 6) is -0.706. The van der Waals surface area contributed by atoms with Crippen LogP contribution in [0.5, 0.6) is 0 Å². The molecule has 0 saturated carbocycles. The van der Waals surface area contributed by atoms with E-state index in [1.54, 1.807) is 42.1 Å². The molecule has 0 aliphatic rings. The van der Waals surface area contributed by atoms with Crippen molar-refractivity contribution in [1.29, 1.82) is 0 Å². The number of rotatable bonds is 3. The maximum Gasteiger partial charge on any atom is 0.337 e. The van der Waals surface area contributed by atoms with E-state index in [0.29, 0.717) is 16.9 Å². The Balaban J connectivity index is 2.10. The second kappa shape index (κ2) is 5.56. The fraction of sp³-hybridized carbons (Fsp3) is 0.214. The van der Waals surface area contributed by atoms with Gasteiger partial charge in [0, 0.05) is 18.4 Å². The predicted octanol–water partition coefficient (Wildman–Crippen LogP) is 1.77. The first-order chi connectivity index (χ1) is 9.51. The molecule has 6 nitrogen and oxygen atoms in total. The van der Waals surface area contributed by atoms with E-state index in [9.17, 15) is 9.59 Å². The lowest BCUT2D eigenvalue weighted by Gasteiger charge is -2.04. The minimum atomic E-state index is -0.414. The molecule has 0 atom stereocenters. The molecule has 0 spiro atoms. The second-order valence-electron chi connectivity index (χ2n) is 4.32. The van der Waals surface area contributed by atoms with Crippen molar-refractivity contribution in [3.05, 3.63) is 47.3 Å². The SMILES string of the molecule is COC(=O)c1ccc(NC(=O)c2cc(C)n(C)n2)cc1. The number of benzene rings is 1. The first-order valence-electron chi connectivity index (χ1n) is 6.01. The van der Waals surface area contributed by atoms with Crippen LogP contribution >= 0.6 is 0 Å². The number of aromatic nitrogens is 2. The lowest BCUT2D eigenvalue weighted by molar-refractivity contribution is 0.0600. The lowest BCUT2D eigenvalue weighted by Crippen LogP contribution is -2.13. The fourth-order valence-corrected chi connectivity index (χ4v) is 1.67. The molecule has 1 aromatic heterocycles. The molecule has 1 amide bonds. The summed E-state index contributed by atoms with van der Waals surface area (Å²) >= 11 is 0. The van der Waals surface area contributed by atoms with Gasteiger partial charge >= 0.3 is 5.97 Å². The number of ether oxygens (including phenoxy) is 1. The third-order valence-corrected chi connectivity index (χ3v) is 2.91. The zero-order chi connectivity index (χ0) is 14.7. The Morgan fingerprint density at radius 3 is 2.40 bits per heavy atom. The summed E-state index contributed by atoms with van der Waals surface area (Å²) in [6.07, 6.45) is 0. The van der Waals surface area contributed by atoms with Crippen LogP contribution in [0.1, 0.15) is 26.5 Å². The van der Waals surface area contributed by atoms with Gasteiger partial charge in [0.2, 0.25) is 0 Å². The number of methoxy groups -OCH3 is 1. The molecule has 0 radical (unpaired) electrons. The summed E-state index contributed by atoms with van der Waals surface area (Å²) < 4.78 is 6.24. The summed E-state index contributed by atoms with van der Waals surface area (Å²) in [4.78, 5) is 23.3. The molecule has 6 heteroatoms. The number of carbonyl (C=O) groups excluding carboxylic acids is 2. The summed E-state index contributed by atoms with van der Waals surface area (Å²) in [7, 11) is 3.10. The zero-order valence-corrected chi connectivity index (χ0v) is 11.5. The molecular weight excluding hydrogens is 258 g/mol. The Kier molecular flexibility index (Phi) is 3.84. The van der Waals surface area contributed by atoms with Crippen molar-refractivity contribution in [3.63, 3.8) is 0 Å². The van der Waals surface area contributed by atoms with Gasteiger partial charge in [-0.25, -0.2) is 4.79 Å². The minimum absolute atomic E-state index is 0.292. The molecule has 1 heterocycles. The van der Waals surface area contributed by atoms with Gasteiger partial charge in [0.05, 0.1) is 12.7 Å². The number of nitrogens with zero attached hydrogens (tertiary/aromatic N) is 2. The van der Waals surface area contributed by atoms with Gasteiger partial charge in [0.25, 0.3) is 5.91 Å². The first-order valence-corrected chi connectivity index (χ1v) is 6.01. The van der Waals surface area contributed by atoms with Crippen LogP contribution in [0.15, 0.2) is 30.3 Å². The number of hydrogen-bond acceptors (Lipinski definition) is 4. The molecule has 20 heavy (non-hydrogen) atoms. The fourth-order valence-electron chi connectivity index (χ4n) is 1.67. The molecule has 2 rings (SSSR count). The molecule has 1 N–H and O–H groups in total. The van der Waals surface area contributed by atoms with Crippen molar-refractivity contribution in [2.45, 2.75) is 6.92 Å². The molecule has 1 aromatic carbocycles. The molecule has 0 saturated heterocycles.